The number of benzene rings is 1. The summed E-state index contributed by atoms with van der Waals surface area (Å²) in [5, 5.41) is 10.9. The van der Waals surface area contributed by atoms with Crippen molar-refractivity contribution in [3.05, 3.63) is 41.0 Å². The summed E-state index contributed by atoms with van der Waals surface area (Å²) in [5.74, 6) is 0.390. The second kappa shape index (κ2) is 6.95. The summed E-state index contributed by atoms with van der Waals surface area (Å²) in [6, 6.07) is 7.01. The van der Waals surface area contributed by atoms with E-state index in [1.165, 1.54) is 0 Å². The van der Waals surface area contributed by atoms with Crippen LogP contribution in [0.4, 0.5) is 0 Å². The number of ether oxygens (including phenoxy) is 1. The van der Waals surface area contributed by atoms with Crippen LogP contribution in [0.15, 0.2) is 30.5 Å². The minimum atomic E-state index is -0.720. The second-order valence-electron chi connectivity index (χ2n) is 6.58. The molecule has 0 atom stereocenters. The topological polar surface area (TPSA) is 88.7 Å². The van der Waals surface area contributed by atoms with E-state index in [0.717, 1.165) is 24.0 Å². The first-order valence-electron chi connectivity index (χ1n) is 8.15. The van der Waals surface area contributed by atoms with Crippen LogP contribution in [0, 0.1) is 0 Å². The number of carbonyl (C=O) groups is 1. The zero-order valence-corrected chi connectivity index (χ0v) is 15.5. The number of amides is 1. The van der Waals surface area contributed by atoms with Crippen molar-refractivity contribution in [3.63, 3.8) is 0 Å². The van der Waals surface area contributed by atoms with E-state index in [0.29, 0.717) is 36.2 Å². The van der Waals surface area contributed by atoms with Gasteiger partial charge in [0.05, 0.1) is 22.8 Å². The molecule has 1 aliphatic heterocycles. The fourth-order valence-electron chi connectivity index (χ4n) is 3.03. The number of rotatable bonds is 2. The van der Waals surface area contributed by atoms with Gasteiger partial charge in [0, 0.05) is 23.9 Å². The van der Waals surface area contributed by atoms with Crippen molar-refractivity contribution in [3.8, 4) is 22.8 Å². The molecule has 1 aliphatic carbocycles. The largest absolute Gasteiger partial charge is 0.504 e. The van der Waals surface area contributed by atoms with Crippen LogP contribution < -0.4 is 10.5 Å². The molecule has 0 spiro atoms. The van der Waals surface area contributed by atoms with Gasteiger partial charge in [-0.15, -0.1) is 12.4 Å². The Bertz CT molecular complexity index is 838. The number of nitrogens with zero attached hydrogens (tertiary/aromatic N) is 2. The van der Waals surface area contributed by atoms with E-state index in [1.54, 1.807) is 29.3 Å². The Hall–Kier alpha value is -2.02. The summed E-state index contributed by atoms with van der Waals surface area (Å²) in [6.07, 6.45) is 2.99. The van der Waals surface area contributed by atoms with Gasteiger partial charge >= 0.3 is 0 Å². The molecule has 6 nitrogen and oxygen atoms in total. The lowest BCUT2D eigenvalue weighted by Crippen LogP contribution is -2.46. The van der Waals surface area contributed by atoms with Crippen molar-refractivity contribution in [1.29, 1.82) is 0 Å². The first-order chi connectivity index (χ1) is 12.0. The maximum Gasteiger partial charge on any atom is 0.243 e. The Morgan fingerprint density at radius 2 is 2.12 bits per heavy atom. The number of phenols is 1. The van der Waals surface area contributed by atoms with Crippen molar-refractivity contribution < 1.29 is 14.6 Å². The molecule has 1 aromatic heterocycles. The summed E-state index contributed by atoms with van der Waals surface area (Å²) in [7, 11) is 0. The Kier molecular flexibility index (Phi) is 5.01. The molecule has 2 aromatic rings. The molecule has 0 saturated heterocycles. The normalized spacial score (nSPS) is 17.4. The van der Waals surface area contributed by atoms with Gasteiger partial charge in [-0.1, -0.05) is 11.6 Å². The number of hydrogen-bond acceptors (Lipinski definition) is 5. The number of fused-ring (bicyclic) bond motifs is 1. The first-order valence-corrected chi connectivity index (χ1v) is 8.53. The van der Waals surface area contributed by atoms with E-state index in [2.05, 4.69) is 4.98 Å². The van der Waals surface area contributed by atoms with Crippen LogP contribution in [0.5, 0.6) is 11.5 Å². The van der Waals surface area contributed by atoms with Crippen LogP contribution in [-0.4, -0.2) is 39.6 Å². The number of aromatic nitrogens is 1. The lowest BCUT2D eigenvalue weighted by molar-refractivity contribution is -0.134. The van der Waals surface area contributed by atoms with Gasteiger partial charge in [-0.3, -0.25) is 9.78 Å². The number of halogens is 2. The zero-order chi connectivity index (χ0) is 17.6. The fourth-order valence-corrected chi connectivity index (χ4v) is 3.14. The number of nitrogens with two attached hydrogens (primary N) is 1. The molecule has 1 saturated carbocycles. The second-order valence-corrected chi connectivity index (χ2v) is 7.01. The Balaban J connectivity index is 0.00000196. The molecule has 1 amide bonds. The minimum Gasteiger partial charge on any atom is -0.504 e. The van der Waals surface area contributed by atoms with Crippen LogP contribution in [0.2, 0.25) is 5.02 Å². The Labute approximate surface area is 162 Å². The fraction of sp³-hybridized carbons (Fsp3) is 0.333. The van der Waals surface area contributed by atoms with E-state index in [9.17, 15) is 9.90 Å². The van der Waals surface area contributed by atoms with Crippen LogP contribution in [0.1, 0.15) is 18.4 Å². The Morgan fingerprint density at radius 3 is 2.77 bits per heavy atom. The van der Waals surface area contributed by atoms with Crippen LogP contribution in [0.3, 0.4) is 0 Å². The van der Waals surface area contributed by atoms with Gasteiger partial charge in [-0.05, 0) is 37.1 Å². The molecule has 1 aromatic carbocycles. The number of hydrogen-bond donors (Lipinski definition) is 2. The lowest BCUT2D eigenvalue weighted by atomic mass is 10.0. The molecule has 1 fully saturated rings. The summed E-state index contributed by atoms with van der Waals surface area (Å²) >= 11 is 5.88. The summed E-state index contributed by atoms with van der Waals surface area (Å²) in [4.78, 5) is 18.6. The highest BCUT2D eigenvalue weighted by Gasteiger charge is 2.48. The predicted molar refractivity (Wildman–Crippen MR) is 101 cm³/mol. The third-order valence-corrected chi connectivity index (χ3v) is 4.86. The maximum atomic E-state index is 12.6. The van der Waals surface area contributed by atoms with Gasteiger partial charge in [-0.25, -0.2) is 0 Å². The van der Waals surface area contributed by atoms with Crippen molar-refractivity contribution in [2.45, 2.75) is 24.9 Å². The molecule has 2 heterocycles. The summed E-state index contributed by atoms with van der Waals surface area (Å²) < 4.78 is 5.68. The molecular weight excluding hydrogens is 377 g/mol. The average Bonchev–Trinajstić information content (AvgIpc) is 3.37. The molecule has 0 radical (unpaired) electrons. The van der Waals surface area contributed by atoms with Crippen molar-refractivity contribution in [2.24, 2.45) is 5.73 Å². The quantitative estimate of drug-likeness (QED) is 0.815. The van der Waals surface area contributed by atoms with Crippen molar-refractivity contribution in [1.82, 2.24) is 9.88 Å². The molecule has 8 heteroatoms. The van der Waals surface area contributed by atoms with Gasteiger partial charge in [0.25, 0.3) is 0 Å². The highest BCUT2D eigenvalue weighted by Crippen LogP contribution is 2.39. The van der Waals surface area contributed by atoms with E-state index in [1.807, 2.05) is 6.07 Å². The number of pyridine rings is 1. The van der Waals surface area contributed by atoms with E-state index in [-0.39, 0.29) is 24.1 Å². The molecule has 0 unspecified atom stereocenters. The monoisotopic (exact) mass is 395 g/mol. The van der Waals surface area contributed by atoms with Crippen LogP contribution in [-0.2, 0) is 11.3 Å². The standard InChI is InChI=1S/C18H18ClN3O3.ClH/c19-13-1-2-14(21-9-13)11-7-12-10-22(17(24)18(20)3-4-18)5-6-25-16(12)15(23)8-11;/h1-2,7-9,23H,3-6,10,20H2;1H. The molecule has 3 N–H and O–H groups in total. The van der Waals surface area contributed by atoms with Gasteiger partial charge in [-0.2, -0.15) is 0 Å². The molecule has 4 rings (SSSR count). The summed E-state index contributed by atoms with van der Waals surface area (Å²) in [5.41, 5.74) is 7.49. The van der Waals surface area contributed by atoms with Gasteiger partial charge in [0.2, 0.25) is 5.91 Å². The van der Waals surface area contributed by atoms with Crippen LogP contribution in [0.25, 0.3) is 11.3 Å². The molecule has 138 valence electrons. The van der Waals surface area contributed by atoms with E-state index >= 15 is 0 Å². The molecule has 26 heavy (non-hydrogen) atoms. The Morgan fingerprint density at radius 1 is 1.35 bits per heavy atom. The highest BCUT2D eigenvalue weighted by atomic mass is 35.5. The average molecular weight is 396 g/mol. The van der Waals surface area contributed by atoms with E-state index < -0.39 is 5.54 Å². The molecular formula is C18H19Cl2N3O3. The highest BCUT2D eigenvalue weighted by molar-refractivity contribution is 6.30. The van der Waals surface area contributed by atoms with Crippen molar-refractivity contribution >= 4 is 29.9 Å². The number of phenolic OH excluding ortho intramolecular Hbond substituents is 1. The minimum absolute atomic E-state index is 0. The lowest BCUT2D eigenvalue weighted by Gasteiger charge is -2.23. The zero-order valence-electron chi connectivity index (χ0n) is 13.9. The third kappa shape index (κ3) is 3.45. The molecule has 2 aliphatic rings. The van der Waals surface area contributed by atoms with Crippen LogP contribution >= 0.6 is 24.0 Å². The van der Waals surface area contributed by atoms with Gasteiger partial charge in [0.15, 0.2) is 11.5 Å². The number of aromatic hydroxyl groups is 1. The van der Waals surface area contributed by atoms with Crippen molar-refractivity contribution in [2.75, 3.05) is 13.2 Å². The van der Waals surface area contributed by atoms with E-state index in [4.69, 9.17) is 22.1 Å². The molecule has 0 bridgehead atoms. The van der Waals surface area contributed by atoms with Gasteiger partial charge < -0.3 is 20.5 Å². The third-order valence-electron chi connectivity index (χ3n) is 4.64. The smallest absolute Gasteiger partial charge is 0.243 e. The SMILES string of the molecule is Cl.NC1(C(=O)N2CCOc3c(O)cc(-c4ccc(Cl)cn4)cc3C2)CC1. The first kappa shape index (κ1) is 18.8. The maximum absolute atomic E-state index is 12.6. The predicted octanol–water partition coefficient (Wildman–Crippen LogP) is 2.74. The summed E-state index contributed by atoms with van der Waals surface area (Å²) in [6.45, 7) is 1.11. The number of carbonyl (C=O) groups excluding carboxylic acids is 1. The van der Waals surface area contributed by atoms with Gasteiger partial charge in [0.1, 0.15) is 6.61 Å².